The quantitative estimate of drug-likeness (QED) is 0.673. The van der Waals surface area contributed by atoms with E-state index in [-0.39, 0.29) is 42.4 Å². The second kappa shape index (κ2) is 7.13. The van der Waals surface area contributed by atoms with E-state index < -0.39 is 0 Å². The lowest BCUT2D eigenvalue weighted by Crippen LogP contribution is -2.16. The Morgan fingerprint density at radius 1 is 1.00 bits per heavy atom. The third-order valence-electron chi connectivity index (χ3n) is 3.52. The molecule has 0 amide bonds. The Morgan fingerprint density at radius 2 is 1.39 bits per heavy atom. The summed E-state index contributed by atoms with van der Waals surface area (Å²) in [4.78, 5) is 34.0. The van der Waals surface area contributed by atoms with Gasteiger partial charge in [-0.15, -0.1) is 0 Å². The predicted octanol–water partition coefficient (Wildman–Crippen LogP) is 1.49. The van der Waals surface area contributed by atoms with Gasteiger partial charge in [0.1, 0.15) is 5.78 Å². The van der Waals surface area contributed by atoms with Crippen molar-refractivity contribution in [2.75, 3.05) is 14.2 Å². The van der Waals surface area contributed by atoms with Gasteiger partial charge in [-0.2, -0.15) is 0 Å². The zero-order valence-corrected chi connectivity index (χ0v) is 10.9. The Bertz CT molecular complexity index is 293. The SMILES string of the molecule is COC(=O)CCC1CCC(CCC(=O)OC)C1=O. The number of carbonyl (C=O) groups excluding carboxylic acids is 3. The highest BCUT2D eigenvalue weighted by atomic mass is 16.5. The number of hydrogen-bond acceptors (Lipinski definition) is 5. The van der Waals surface area contributed by atoms with E-state index in [9.17, 15) is 14.4 Å². The molecule has 0 aromatic carbocycles. The van der Waals surface area contributed by atoms with Gasteiger partial charge in [0.2, 0.25) is 0 Å². The van der Waals surface area contributed by atoms with E-state index in [1.54, 1.807) is 0 Å². The number of Topliss-reactive ketones (excluding diaryl/α,β-unsaturated/α-hetero) is 1. The Labute approximate surface area is 107 Å². The van der Waals surface area contributed by atoms with E-state index >= 15 is 0 Å². The normalized spacial score (nSPS) is 22.9. The van der Waals surface area contributed by atoms with E-state index in [1.807, 2.05) is 0 Å². The molecule has 0 bridgehead atoms. The molecule has 1 aliphatic rings. The molecule has 2 atom stereocenters. The third kappa shape index (κ3) is 4.13. The van der Waals surface area contributed by atoms with Crippen LogP contribution in [0.3, 0.4) is 0 Å². The van der Waals surface area contributed by atoms with Crippen molar-refractivity contribution < 1.29 is 23.9 Å². The summed E-state index contributed by atoms with van der Waals surface area (Å²) >= 11 is 0. The van der Waals surface area contributed by atoms with Crippen molar-refractivity contribution in [1.29, 1.82) is 0 Å². The second-order valence-corrected chi connectivity index (χ2v) is 4.60. The van der Waals surface area contributed by atoms with Crippen molar-refractivity contribution in [3.8, 4) is 0 Å². The molecule has 1 fully saturated rings. The Balaban J connectivity index is 2.32. The molecule has 102 valence electrons. The maximum atomic E-state index is 12.0. The van der Waals surface area contributed by atoms with Gasteiger partial charge >= 0.3 is 11.9 Å². The highest BCUT2D eigenvalue weighted by molar-refractivity contribution is 5.86. The molecule has 0 aliphatic heterocycles. The highest BCUT2D eigenvalue weighted by Crippen LogP contribution is 2.33. The van der Waals surface area contributed by atoms with Crippen LogP contribution < -0.4 is 0 Å². The topological polar surface area (TPSA) is 69.7 Å². The first-order chi connectivity index (χ1) is 8.58. The lowest BCUT2D eigenvalue weighted by atomic mass is 9.95. The van der Waals surface area contributed by atoms with Crippen LogP contribution in [-0.4, -0.2) is 31.9 Å². The number of carbonyl (C=O) groups is 3. The maximum absolute atomic E-state index is 12.0. The summed E-state index contributed by atoms with van der Waals surface area (Å²) in [6, 6.07) is 0. The van der Waals surface area contributed by atoms with Crippen LogP contribution in [0.1, 0.15) is 38.5 Å². The number of ketones is 1. The van der Waals surface area contributed by atoms with Gasteiger partial charge in [-0.1, -0.05) is 0 Å². The van der Waals surface area contributed by atoms with Gasteiger partial charge in [-0.3, -0.25) is 14.4 Å². The molecule has 0 aromatic heterocycles. The van der Waals surface area contributed by atoms with Crippen LogP contribution in [0.5, 0.6) is 0 Å². The first-order valence-electron chi connectivity index (χ1n) is 6.25. The van der Waals surface area contributed by atoms with Crippen molar-refractivity contribution in [1.82, 2.24) is 0 Å². The Morgan fingerprint density at radius 3 is 1.72 bits per heavy atom. The van der Waals surface area contributed by atoms with Crippen LogP contribution in [0.2, 0.25) is 0 Å². The lowest BCUT2D eigenvalue weighted by Gasteiger charge is -2.09. The largest absolute Gasteiger partial charge is 0.469 e. The van der Waals surface area contributed by atoms with E-state index in [1.165, 1.54) is 14.2 Å². The number of esters is 2. The van der Waals surface area contributed by atoms with Crippen LogP contribution >= 0.6 is 0 Å². The fourth-order valence-electron chi connectivity index (χ4n) is 2.38. The van der Waals surface area contributed by atoms with Crippen LogP contribution in [0, 0.1) is 11.8 Å². The van der Waals surface area contributed by atoms with Crippen LogP contribution in [0.15, 0.2) is 0 Å². The molecule has 0 heterocycles. The first-order valence-corrected chi connectivity index (χ1v) is 6.25. The van der Waals surface area contributed by atoms with Crippen molar-refractivity contribution >= 4 is 17.7 Å². The zero-order valence-electron chi connectivity index (χ0n) is 10.9. The summed E-state index contributed by atoms with van der Waals surface area (Å²) in [7, 11) is 2.69. The zero-order chi connectivity index (χ0) is 13.5. The summed E-state index contributed by atoms with van der Waals surface area (Å²) in [6.45, 7) is 0. The van der Waals surface area contributed by atoms with E-state index in [4.69, 9.17) is 0 Å². The number of ether oxygens (including phenoxy) is 2. The van der Waals surface area contributed by atoms with Gasteiger partial charge in [0.15, 0.2) is 0 Å². The molecule has 0 radical (unpaired) electrons. The van der Waals surface area contributed by atoms with Crippen LogP contribution in [0.4, 0.5) is 0 Å². The van der Waals surface area contributed by atoms with Gasteiger partial charge in [0.05, 0.1) is 14.2 Å². The number of methoxy groups -OCH3 is 2. The fourth-order valence-corrected chi connectivity index (χ4v) is 2.38. The smallest absolute Gasteiger partial charge is 0.305 e. The standard InChI is InChI=1S/C13H20O5/c1-17-11(14)7-5-9-3-4-10(13(9)16)6-8-12(15)18-2/h9-10H,3-8H2,1-2H3. The van der Waals surface area contributed by atoms with E-state index in [2.05, 4.69) is 9.47 Å². The molecule has 5 heteroatoms. The Kier molecular flexibility index (Phi) is 5.82. The van der Waals surface area contributed by atoms with Gasteiger partial charge in [0, 0.05) is 24.7 Å². The van der Waals surface area contributed by atoms with Gasteiger partial charge in [0.25, 0.3) is 0 Å². The monoisotopic (exact) mass is 256 g/mol. The molecule has 5 nitrogen and oxygen atoms in total. The summed E-state index contributed by atoms with van der Waals surface area (Å²) in [5, 5.41) is 0. The number of hydrogen-bond donors (Lipinski definition) is 0. The molecule has 0 spiro atoms. The van der Waals surface area contributed by atoms with Crippen molar-refractivity contribution in [2.45, 2.75) is 38.5 Å². The number of rotatable bonds is 6. The molecular weight excluding hydrogens is 236 g/mol. The summed E-state index contributed by atoms with van der Waals surface area (Å²) in [5.41, 5.74) is 0. The summed E-state index contributed by atoms with van der Waals surface area (Å²) in [5.74, 6) is -0.470. The molecular formula is C13H20O5. The maximum Gasteiger partial charge on any atom is 0.305 e. The van der Waals surface area contributed by atoms with E-state index in [0.29, 0.717) is 12.8 Å². The molecule has 18 heavy (non-hydrogen) atoms. The highest BCUT2D eigenvalue weighted by Gasteiger charge is 2.34. The van der Waals surface area contributed by atoms with Crippen molar-refractivity contribution in [3.63, 3.8) is 0 Å². The minimum Gasteiger partial charge on any atom is -0.469 e. The van der Waals surface area contributed by atoms with Crippen molar-refractivity contribution in [3.05, 3.63) is 0 Å². The lowest BCUT2D eigenvalue weighted by molar-refractivity contribution is -0.141. The molecule has 0 N–H and O–H groups in total. The summed E-state index contributed by atoms with van der Waals surface area (Å²) in [6.07, 6.45) is 3.30. The third-order valence-corrected chi connectivity index (χ3v) is 3.52. The Hall–Kier alpha value is -1.39. The minimum atomic E-state index is -0.277. The van der Waals surface area contributed by atoms with Crippen LogP contribution in [0.25, 0.3) is 0 Å². The first kappa shape index (κ1) is 14.7. The molecule has 1 saturated carbocycles. The van der Waals surface area contributed by atoms with Crippen molar-refractivity contribution in [2.24, 2.45) is 11.8 Å². The molecule has 2 unspecified atom stereocenters. The fraction of sp³-hybridized carbons (Fsp3) is 0.769. The van der Waals surface area contributed by atoms with Gasteiger partial charge in [-0.25, -0.2) is 0 Å². The van der Waals surface area contributed by atoms with Gasteiger partial charge < -0.3 is 9.47 Å². The average molecular weight is 256 g/mol. The molecule has 1 aliphatic carbocycles. The van der Waals surface area contributed by atoms with Crippen LogP contribution in [-0.2, 0) is 23.9 Å². The second-order valence-electron chi connectivity index (χ2n) is 4.60. The summed E-state index contributed by atoms with van der Waals surface area (Å²) < 4.78 is 9.11. The predicted molar refractivity (Wildman–Crippen MR) is 63.7 cm³/mol. The molecule has 1 rings (SSSR count). The minimum absolute atomic E-state index is 0.0493. The van der Waals surface area contributed by atoms with Gasteiger partial charge in [-0.05, 0) is 25.7 Å². The average Bonchev–Trinajstić information content (AvgIpc) is 2.74. The molecule has 0 saturated heterocycles. The molecule has 0 aromatic rings. The van der Waals surface area contributed by atoms with E-state index in [0.717, 1.165) is 12.8 Å².